The first-order chi connectivity index (χ1) is 7.36. The first kappa shape index (κ1) is 12.2. The highest BCUT2D eigenvalue weighted by Gasteiger charge is 2.07. The predicted molar refractivity (Wildman–Crippen MR) is 64.9 cm³/mol. The molecule has 1 unspecified atom stereocenters. The van der Waals surface area contributed by atoms with Crippen LogP contribution in [0.1, 0.15) is 38.7 Å². The van der Waals surface area contributed by atoms with E-state index < -0.39 is 0 Å². The lowest BCUT2D eigenvalue weighted by atomic mass is 10.0. The molecule has 0 saturated carbocycles. The number of aromatic nitrogens is 1. The molecule has 1 heterocycles. The second-order valence-electron chi connectivity index (χ2n) is 3.96. The zero-order valence-electron chi connectivity index (χ0n) is 9.87. The fraction of sp³-hybridized carbons (Fsp3) is 0.615. The number of rotatable bonds is 7. The van der Waals surface area contributed by atoms with Gasteiger partial charge in [-0.05, 0) is 31.0 Å². The van der Waals surface area contributed by atoms with Crippen LogP contribution in [-0.4, -0.2) is 17.6 Å². The molecular formula is C13H22N2. The van der Waals surface area contributed by atoms with Gasteiger partial charge in [0.25, 0.3) is 0 Å². The minimum atomic E-state index is 0.610. The maximum absolute atomic E-state index is 4.15. The highest BCUT2D eigenvalue weighted by atomic mass is 14.9. The van der Waals surface area contributed by atoms with Crippen LogP contribution >= 0.6 is 0 Å². The first-order valence-corrected chi connectivity index (χ1v) is 5.99. The molecule has 0 aliphatic rings. The smallest absolute Gasteiger partial charge is 0.0300 e. The van der Waals surface area contributed by atoms with Gasteiger partial charge in [-0.25, -0.2) is 0 Å². The SMILES string of the molecule is CCCCC(Cc1cccnc1)NCC. The van der Waals surface area contributed by atoms with E-state index >= 15 is 0 Å². The Morgan fingerprint density at radius 3 is 2.87 bits per heavy atom. The van der Waals surface area contributed by atoms with Gasteiger partial charge >= 0.3 is 0 Å². The Kier molecular flexibility index (Phi) is 6.02. The molecule has 84 valence electrons. The summed E-state index contributed by atoms with van der Waals surface area (Å²) < 4.78 is 0. The van der Waals surface area contributed by atoms with Gasteiger partial charge in [0.05, 0.1) is 0 Å². The summed E-state index contributed by atoms with van der Waals surface area (Å²) in [6.45, 7) is 5.46. The van der Waals surface area contributed by atoms with Crippen LogP contribution in [0.3, 0.4) is 0 Å². The number of unbranched alkanes of at least 4 members (excludes halogenated alkanes) is 1. The Morgan fingerprint density at radius 2 is 2.27 bits per heavy atom. The third kappa shape index (κ3) is 4.93. The number of nitrogens with one attached hydrogen (secondary N) is 1. The normalized spacial score (nSPS) is 12.7. The van der Waals surface area contributed by atoms with Crippen molar-refractivity contribution in [1.82, 2.24) is 10.3 Å². The fourth-order valence-electron chi connectivity index (χ4n) is 1.82. The van der Waals surface area contributed by atoms with Crippen LogP contribution in [0.15, 0.2) is 24.5 Å². The van der Waals surface area contributed by atoms with Crippen LogP contribution in [0, 0.1) is 0 Å². The van der Waals surface area contributed by atoms with E-state index in [1.165, 1.54) is 24.8 Å². The van der Waals surface area contributed by atoms with Crippen molar-refractivity contribution >= 4 is 0 Å². The predicted octanol–water partition coefficient (Wildman–Crippen LogP) is 2.79. The summed E-state index contributed by atoms with van der Waals surface area (Å²) in [4.78, 5) is 4.15. The maximum Gasteiger partial charge on any atom is 0.0300 e. The molecule has 0 amide bonds. The summed E-state index contributed by atoms with van der Waals surface area (Å²) in [5.41, 5.74) is 1.33. The van der Waals surface area contributed by atoms with Crippen LogP contribution in [0.2, 0.25) is 0 Å². The van der Waals surface area contributed by atoms with Gasteiger partial charge in [0.15, 0.2) is 0 Å². The van der Waals surface area contributed by atoms with Gasteiger partial charge in [0.2, 0.25) is 0 Å². The Balaban J connectivity index is 2.43. The second-order valence-corrected chi connectivity index (χ2v) is 3.96. The van der Waals surface area contributed by atoms with Gasteiger partial charge in [0, 0.05) is 18.4 Å². The topological polar surface area (TPSA) is 24.9 Å². The summed E-state index contributed by atoms with van der Waals surface area (Å²) in [5.74, 6) is 0. The van der Waals surface area contributed by atoms with Crippen molar-refractivity contribution in [2.45, 2.75) is 45.6 Å². The average molecular weight is 206 g/mol. The average Bonchev–Trinajstić information content (AvgIpc) is 2.28. The van der Waals surface area contributed by atoms with E-state index in [9.17, 15) is 0 Å². The van der Waals surface area contributed by atoms with Crippen molar-refractivity contribution in [2.75, 3.05) is 6.54 Å². The quantitative estimate of drug-likeness (QED) is 0.742. The Hall–Kier alpha value is -0.890. The second kappa shape index (κ2) is 7.41. The van der Waals surface area contributed by atoms with E-state index in [0.29, 0.717) is 6.04 Å². The summed E-state index contributed by atoms with van der Waals surface area (Å²) in [7, 11) is 0. The number of pyridine rings is 1. The van der Waals surface area contributed by atoms with E-state index in [2.05, 4.69) is 30.2 Å². The highest BCUT2D eigenvalue weighted by molar-refractivity contribution is 5.10. The Labute approximate surface area is 93.1 Å². The van der Waals surface area contributed by atoms with Crippen molar-refractivity contribution in [1.29, 1.82) is 0 Å². The lowest BCUT2D eigenvalue weighted by molar-refractivity contribution is 0.473. The largest absolute Gasteiger partial charge is 0.314 e. The molecule has 1 rings (SSSR count). The van der Waals surface area contributed by atoms with Crippen LogP contribution in [0.4, 0.5) is 0 Å². The van der Waals surface area contributed by atoms with E-state index in [4.69, 9.17) is 0 Å². The molecule has 0 spiro atoms. The van der Waals surface area contributed by atoms with Crippen molar-refractivity contribution in [3.05, 3.63) is 30.1 Å². The van der Waals surface area contributed by atoms with Gasteiger partial charge in [0.1, 0.15) is 0 Å². The molecule has 2 heteroatoms. The van der Waals surface area contributed by atoms with E-state index in [1.54, 1.807) is 0 Å². The van der Waals surface area contributed by atoms with Crippen LogP contribution in [0.5, 0.6) is 0 Å². The fourth-order valence-corrected chi connectivity index (χ4v) is 1.82. The molecule has 0 bridgehead atoms. The van der Waals surface area contributed by atoms with Crippen LogP contribution < -0.4 is 5.32 Å². The Bertz CT molecular complexity index is 246. The minimum absolute atomic E-state index is 0.610. The van der Waals surface area contributed by atoms with Gasteiger partial charge in [-0.2, -0.15) is 0 Å². The molecule has 0 aliphatic heterocycles. The van der Waals surface area contributed by atoms with Gasteiger partial charge in [-0.15, -0.1) is 0 Å². The maximum atomic E-state index is 4.15. The summed E-state index contributed by atoms with van der Waals surface area (Å²) in [6.07, 6.45) is 8.74. The van der Waals surface area contributed by atoms with E-state index in [-0.39, 0.29) is 0 Å². The molecule has 0 aliphatic carbocycles. The molecule has 1 N–H and O–H groups in total. The molecule has 15 heavy (non-hydrogen) atoms. The third-order valence-electron chi connectivity index (χ3n) is 2.60. The number of hydrogen-bond donors (Lipinski definition) is 1. The number of hydrogen-bond acceptors (Lipinski definition) is 2. The zero-order valence-corrected chi connectivity index (χ0v) is 9.87. The van der Waals surface area contributed by atoms with Gasteiger partial charge in [-0.1, -0.05) is 32.8 Å². The molecule has 1 atom stereocenters. The molecule has 1 aromatic heterocycles. The third-order valence-corrected chi connectivity index (χ3v) is 2.60. The van der Waals surface area contributed by atoms with Crippen LogP contribution in [-0.2, 0) is 6.42 Å². The summed E-state index contributed by atoms with van der Waals surface area (Å²) in [6, 6.07) is 4.78. The molecule has 2 nitrogen and oxygen atoms in total. The van der Waals surface area contributed by atoms with Crippen molar-refractivity contribution in [3.8, 4) is 0 Å². The van der Waals surface area contributed by atoms with Crippen molar-refractivity contribution in [2.24, 2.45) is 0 Å². The standard InChI is InChI=1S/C13H22N2/c1-3-5-8-13(15-4-2)10-12-7-6-9-14-11-12/h6-7,9,11,13,15H,3-5,8,10H2,1-2H3. The molecular weight excluding hydrogens is 184 g/mol. The monoisotopic (exact) mass is 206 g/mol. The minimum Gasteiger partial charge on any atom is -0.314 e. The zero-order chi connectivity index (χ0) is 10.9. The molecule has 0 radical (unpaired) electrons. The number of nitrogens with zero attached hydrogens (tertiary/aromatic N) is 1. The van der Waals surface area contributed by atoms with Gasteiger partial charge < -0.3 is 5.32 Å². The lowest BCUT2D eigenvalue weighted by Crippen LogP contribution is -2.30. The van der Waals surface area contributed by atoms with Crippen molar-refractivity contribution in [3.63, 3.8) is 0 Å². The van der Waals surface area contributed by atoms with Crippen LogP contribution in [0.25, 0.3) is 0 Å². The Morgan fingerprint density at radius 1 is 1.40 bits per heavy atom. The molecule has 1 aromatic rings. The number of likely N-dealkylation sites (N-methyl/N-ethyl adjacent to an activating group) is 1. The van der Waals surface area contributed by atoms with E-state index in [0.717, 1.165) is 13.0 Å². The highest BCUT2D eigenvalue weighted by Crippen LogP contribution is 2.07. The summed E-state index contributed by atoms with van der Waals surface area (Å²) >= 11 is 0. The summed E-state index contributed by atoms with van der Waals surface area (Å²) in [5, 5.41) is 3.54. The van der Waals surface area contributed by atoms with Gasteiger partial charge in [-0.3, -0.25) is 4.98 Å². The van der Waals surface area contributed by atoms with E-state index in [1.807, 2.05) is 18.5 Å². The molecule has 0 fully saturated rings. The van der Waals surface area contributed by atoms with Crippen molar-refractivity contribution < 1.29 is 0 Å². The first-order valence-electron chi connectivity index (χ1n) is 5.99. The molecule has 0 saturated heterocycles. The lowest BCUT2D eigenvalue weighted by Gasteiger charge is -2.17. The molecule has 0 aromatic carbocycles.